The lowest BCUT2D eigenvalue weighted by molar-refractivity contribution is 1.01. The van der Waals surface area contributed by atoms with Crippen LogP contribution >= 0.6 is 10.0 Å². The zero-order valence-corrected chi connectivity index (χ0v) is 8.61. The fourth-order valence-corrected chi connectivity index (χ4v) is 4.76. The summed E-state index contributed by atoms with van der Waals surface area (Å²) in [4.78, 5) is 13.5. The van der Waals surface area contributed by atoms with E-state index in [2.05, 4.69) is 37.9 Å². The molecule has 0 aliphatic carbocycles. The summed E-state index contributed by atoms with van der Waals surface area (Å²) in [7, 11) is -1.20. The zero-order valence-electron chi connectivity index (χ0n) is 7.79. The van der Waals surface area contributed by atoms with E-state index < -0.39 is 10.0 Å². The van der Waals surface area contributed by atoms with E-state index >= 15 is 0 Å². The first-order valence-electron chi connectivity index (χ1n) is 4.70. The van der Waals surface area contributed by atoms with Crippen molar-refractivity contribution in [2.75, 3.05) is 0 Å². The first-order chi connectivity index (χ1) is 7.40. The van der Waals surface area contributed by atoms with Gasteiger partial charge in [-0.2, -0.15) is 0 Å². The summed E-state index contributed by atoms with van der Waals surface area (Å²) in [6.07, 6.45) is 7.86. The van der Waals surface area contributed by atoms with E-state index in [1.807, 2.05) is 18.5 Å². The quantitative estimate of drug-likeness (QED) is 0.675. The van der Waals surface area contributed by atoms with Gasteiger partial charge in [-0.15, -0.1) is 10.0 Å². The van der Waals surface area contributed by atoms with Crippen LogP contribution in [0, 0.1) is 0 Å². The Hall–Kier alpha value is -1.68. The highest BCUT2D eigenvalue weighted by molar-refractivity contribution is 8.38. The molecule has 15 heavy (non-hydrogen) atoms. The number of hydrogen-bond acceptors (Lipinski definition) is 3. The van der Waals surface area contributed by atoms with Gasteiger partial charge in [0.1, 0.15) is 15.6 Å². The van der Waals surface area contributed by atoms with Gasteiger partial charge in [-0.3, -0.25) is 0 Å². The molecule has 3 aliphatic rings. The van der Waals surface area contributed by atoms with Crippen LogP contribution in [0.25, 0.3) is 11.0 Å². The van der Waals surface area contributed by atoms with Crippen LogP contribution in [0.1, 0.15) is 0 Å². The third-order valence-corrected chi connectivity index (χ3v) is 5.77. The van der Waals surface area contributed by atoms with Crippen LogP contribution < -0.4 is 0 Å². The Bertz CT molecular complexity index is 633. The Kier molecular flexibility index (Phi) is 1.15. The van der Waals surface area contributed by atoms with E-state index in [4.69, 9.17) is 0 Å². The molecule has 5 rings (SSSR count). The SMILES string of the molecule is C1=CS2(C=C1)c1cnc3c2nccc3n1. The maximum Gasteiger partial charge on any atom is 0.120 e. The molecule has 0 fully saturated rings. The lowest BCUT2D eigenvalue weighted by Gasteiger charge is -2.33. The van der Waals surface area contributed by atoms with E-state index in [1.54, 1.807) is 0 Å². The first kappa shape index (κ1) is 7.59. The minimum atomic E-state index is -1.20. The molecule has 0 saturated carbocycles. The molecular weight excluding hydrogens is 206 g/mol. The molecule has 4 bridgehead atoms. The molecule has 2 aromatic rings. The van der Waals surface area contributed by atoms with Gasteiger partial charge in [0.25, 0.3) is 0 Å². The standard InChI is InChI=1S/C11H7N3S/c1-2-6-15(5-1)9-7-13-10-8(14-9)3-4-12-11(10)15/h1-7H. The Labute approximate surface area is 87.9 Å². The van der Waals surface area contributed by atoms with E-state index in [1.165, 1.54) is 0 Å². The average Bonchev–Trinajstić information content (AvgIpc) is 2.75. The summed E-state index contributed by atoms with van der Waals surface area (Å²) in [5.74, 6) is 0. The summed E-state index contributed by atoms with van der Waals surface area (Å²) < 4.78 is 0. The highest BCUT2D eigenvalue weighted by Crippen LogP contribution is 2.68. The van der Waals surface area contributed by atoms with E-state index in [-0.39, 0.29) is 0 Å². The Morgan fingerprint density at radius 2 is 1.93 bits per heavy atom. The molecule has 0 unspecified atom stereocenters. The summed E-state index contributed by atoms with van der Waals surface area (Å²) in [5, 5.41) is 6.58. The molecule has 1 spiro atoms. The molecule has 0 amide bonds. The van der Waals surface area contributed by atoms with Gasteiger partial charge >= 0.3 is 0 Å². The van der Waals surface area contributed by atoms with Crippen molar-refractivity contribution in [3.8, 4) is 0 Å². The van der Waals surface area contributed by atoms with Crippen molar-refractivity contribution < 1.29 is 0 Å². The van der Waals surface area contributed by atoms with E-state index in [0.717, 1.165) is 21.1 Å². The minimum absolute atomic E-state index is 0.957. The molecular formula is C11H7N3S. The largest absolute Gasteiger partial charge is 0.249 e. The number of rotatable bonds is 0. The topological polar surface area (TPSA) is 38.7 Å². The van der Waals surface area contributed by atoms with Crippen LogP contribution in [0.3, 0.4) is 0 Å². The predicted molar refractivity (Wildman–Crippen MR) is 59.7 cm³/mol. The summed E-state index contributed by atoms with van der Waals surface area (Å²) in [6.45, 7) is 0. The van der Waals surface area contributed by atoms with Gasteiger partial charge in [-0.05, 0) is 16.9 Å². The first-order valence-corrected chi connectivity index (χ1v) is 6.46. The Morgan fingerprint density at radius 3 is 2.80 bits per heavy atom. The number of pyridine rings is 1. The van der Waals surface area contributed by atoms with Crippen LogP contribution in [0.15, 0.2) is 51.5 Å². The van der Waals surface area contributed by atoms with Gasteiger partial charge in [-0.25, -0.2) is 15.0 Å². The van der Waals surface area contributed by atoms with Crippen molar-refractivity contribution in [1.29, 1.82) is 0 Å². The fraction of sp³-hybridized carbons (Fsp3) is 0. The minimum Gasteiger partial charge on any atom is -0.249 e. The summed E-state index contributed by atoms with van der Waals surface area (Å²) in [6, 6.07) is 1.92. The number of nitrogens with zero attached hydrogens (tertiary/aromatic N) is 3. The average molecular weight is 213 g/mol. The van der Waals surface area contributed by atoms with Crippen molar-refractivity contribution in [1.82, 2.24) is 15.0 Å². The molecule has 4 heteroatoms. The van der Waals surface area contributed by atoms with E-state index in [9.17, 15) is 0 Å². The second-order valence-corrected chi connectivity index (χ2v) is 6.33. The third kappa shape index (κ3) is 0.733. The van der Waals surface area contributed by atoms with E-state index in [0.29, 0.717) is 0 Å². The predicted octanol–water partition coefficient (Wildman–Crippen LogP) is 2.60. The maximum absolute atomic E-state index is 4.62. The third-order valence-electron chi connectivity index (χ3n) is 2.77. The highest BCUT2D eigenvalue weighted by Gasteiger charge is 2.35. The van der Waals surface area contributed by atoms with Gasteiger partial charge in [-0.1, -0.05) is 12.2 Å². The lowest BCUT2D eigenvalue weighted by Crippen LogP contribution is -2.08. The van der Waals surface area contributed by atoms with Gasteiger partial charge in [0, 0.05) is 6.20 Å². The van der Waals surface area contributed by atoms with Crippen LogP contribution in [0.5, 0.6) is 0 Å². The number of aromatic nitrogens is 3. The molecule has 3 aliphatic heterocycles. The number of allylic oxidation sites excluding steroid dienone is 2. The second-order valence-electron chi connectivity index (χ2n) is 3.56. The number of hydrogen-bond donors (Lipinski definition) is 0. The van der Waals surface area contributed by atoms with Crippen LogP contribution in [-0.4, -0.2) is 15.0 Å². The van der Waals surface area contributed by atoms with Crippen molar-refractivity contribution in [3.63, 3.8) is 0 Å². The van der Waals surface area contributed by atoms with Crippen molar-refractivity contribution >= 4 is 21.1 Å². The van der Waals surface area contributed by atoms with Gasteiger partial charge in [0.15, 0.2) is 0 Å². The Balaban J connectivity index is 2.26. The van der Waals surface area contributed by atoms with Crippen LogP contribution in [0.2, 0.25) is 0 Å². The van der Waals surface area contributed by atoms with Gasteiger partial charge in [0.2, 0.25) is 0 Å². The van der Waals surface area contributed by atoms with Crippen LogP contribution in [-0.2, 0) is 0 Å². The monoisotopic (exact) mass is 213 g/mol. The summed E-state index contributed by atoms with van der Waals surface area (Å²) in [5.41, 5.74) is 1.92. The molecule has 0 aromatic carbocycles. The molecule has 72 valence electrons. The smallest absolute Gasteiger partial charge is 0.120 e. The summed E-state index contributed by atoms with van der Waals surface area (Å²) >= 11 is 0. The zero-order chi connectivity index (χ0) is 9.88. The normalized spacial score (nSPS) is 20.8. The Morgan fingerprint density at radius 1 is 1.07 bits per heavy atom. The molecule has 3 nitrogen and oxygen atoms in total. The second kappa shape index (κ2) is 2.28. The highest BCUT2D eigenvalue weighted by atomic mass is 32.3. The molecule has 0 radical (unpaired) electrons. The van der Waals surface area contributed by atoms with Crippen molar-refractivity contribution in [2.45, 2.75) is 10.1 Å². The van der Waals surface area contributed by atoms with Gasteiger partial charge in [0.05, 0.1) is 11.7 Å². The molecule has 2 aromatic heterocycles. The van der Waals surface area contributed by atoms with Crippen molar-refractivity contribution in [2.24, 2.45) is 0 Å². The van der Waals surface area contributed by atoms with Gasteiger partial charge < -0.3 is 0 Å². The molecule has 0 atom stereocenters. The fourth-order valence-electron chi connectivity index (χ4n) is 2.07. The van der Waals surface area contributed by atoms with Crippen molar-refractivity contribution in [3.05, 3.63) is 41.4 Å². The van der Waals surface area contributed by atoms with Crippen LogP contribution in [0.4, 0.5) is 0 Å². The molecule has 5 heterocycles. The number of fused-ring (bicyclic) bond motifs is 1. The molecule has 0 saturated heterocycles. The lowest BCUT2D eigenvalue weighted by atomic mass is 10.4. The maximum atomic E-state index is 4.62. The molecule has 0 N–H and O–H groups in total.